The lowest BCUT2D eigenvalue weighted by Gasteiger charge is -2.25. The van der Waals surface area contributed by atoms with E-state index in [0.717, 1.165) is 30.4 Å². The van der Waals surface area contributed by atoms with Crippen molar-refractivity contribution >= 4 is 27.5 Å². The molecule has 0 saturated carbocycles. The number of nitrogens with zero attached hydrogens (tertiary/aromatic N) is 2. The van der Waals surface area contributed by atoms with Gasteiger partial charge in [0.05, 0.1) is 11.3 Å². The largest absolute Gasteiger partial charge is 0.342 e. The monoisotopic (exact) mass is 443 g/mol. The molecule has 0 radical (unpaired) electrons. The molecule has 1 N–H and O–H groups in total. The fourth-order valence-electron chi connectivity index (χ4n) is 3.56. The molecule has 1 fully saturated rings. The van der Waals surface area contributed by atoms with Crippen LogP contribution in [0.4, 0.5) is 5.69 Å². The zero-order valence-corrected chi connectivity index (χ0v) is 18.8. The van der Waals surface area contributed by atoms with Gasteiger partial charge in [0.15, 0.2) is 0 Å². The van der Waals surface area contributed by atoms with Gasteiger partial charge >= 0.3 is 0 Å². The molecule has 2 aromatic carbocycles. The Morgan fingerprint density at radius 2 is 1.68 bits per heavy atom. The second kappa shape index (κ2) is 10.1. The second-order valence-corrected chi connectivity index (χ2v) is 9.85. The average molecular weight is 444 g/mol. The van der Waals surface area contributed by atoms with Gasteiger partial charge in [0.25, 0.3) is 0 Å². The number of rotatable bonds is 7. The maximum absolute atomic E-state index is 12.7. The molecule has 2 aromatic rings. The molecule has 2 amide bonds. The zero-order chi connectivity index (χ0) is 22.4. The van der Waals surface area contributed by atoms with Crippen LogP contribution in [0.15, 0.2) is 53.4 Å². The standard InChI is InChI=1S/C23H29N3O4S/c1-18(27)25(2)17-20-7-6-8-21(15-20)24-23(28)16-19-9-11-22(12-10-19)31(29,30)26-13-4-3-5-14-26/h6-12,15H,3-5,13-14,16-17H2,1-2H3,(H,24,28). The average Bonchev–Trinajstić information content (AvgIpc) is 2.75. The fraction of sp³-hybridized carbons (Fsp3) is 0.391. The van der Waals surface area contributed by atoms with Gasteiger partial charge < -0.3 is 10.2 Å². The molecule has 0 aromatic heterocycles. The minimum absolute atomic E-state index is 0.0276. The smallest absolute Gasteiger partial charge is 0.243 e. The Morgan fingerprint density at radius 3 is 2.32 bits per heavy atom. The molecular weight excluding hydrogens is 414 g/mol. The van der Waals surface area contributed by atoms with Crippen molar-refractivity contribution in [2.45, 2.75) is 44.0 Å². The summed E-state index contributed by atoms with van der Waals surface area (Å²) in [7, 11) is -1.75. The third-order valence-corrected chi connectivity index (χ3v) is 7.32. The Hall–Kier alpha value is -2.71. The van der Waals surface area contributed by atoms with Crippen LogP contribution in [0.2, 0.25) is 0 Å². The van der Waals surface area contributed by atoms with E-state index >= 15 is 0 Å². The lowest BCUT2D eigenvalue weighted by Crippen LogP contribution is -2.35. The van der Waals surface area contributed by atoms with Crippen molar-refractivity contribution in [2.24, 2.45) is 0 Å². The number of anilines is 1. The molecule has 1 aliphatic heterocycles. The summed E-state index contributed by atoms with van der Waals surface area (Å²) < 4.78 is 27.0. The maximum atomic E-state index is 12.7. The molecule has 1 heterocycles. The van der Waals surface area contributed by atoms with Gasteiger partial charge in [0.1, 0.15) is 0 Å². The van der Waals surface area contributed by atoms with Crippen molar-refractivity contribution in [1.82, 2.24) is 9.21 Å². The van der Waals surface area contributed by atoms with Gasteiger partial charge in [-0.15, -0.1) is 0 Å². The van der Waals surface area contributed by atoms with Crippen molar-refractivity contribution in [3.05, 3.63) is 59.7 Å². The van der Waals surface area contributed by atoms with Gasteiger partial charge in [-0.2, -0.15) is 4.31 Å². The third kappa shape index (κ3) is 6.15. The number of hydrogen-bond acceptors (Lipinski definition) is 4. The number of hydrogen-bond donors (Lipinski definition) is 1. The first kappa shape index (κ1) is 23.0. The van der Waals surface area contributed by atoms with Crippen LogP contribution in [-0.4, -0.2) is 49.6 Å². The molecular formula is C23H29N3O4S. The van der Waals surface area contributed by atoms with Crippen molar-refractivity contribution < 1.29 is 18.0 Å². The van der Waals surface area contributed by atoms with Crippen LogP contribution >= 0.6 is 0 Å². The minimum Gasteiger partial charge on any atom is -0.342 e. The molecule has 3 rings (SSSR count). The molecule has 166 valence electrons. The Morgan fingerprint density at radius 1 is 1.00 bits per heavy atom. The lowest BCUT2D eigenvalue weighted by molar-refractivity contribution is -0.128. The summed E-state index contributed by atoms with van der Waals surface area (Å²) >= 11 is 0. The Kier molecular flexibility index (Phi) is 7.46. The van der Waals surface area contributed by atoms with Crippen molar-refractivity contribution in [1.29, 1.82) is 0 Å². The van der Waals surface area contributed by atoms with Crippen LogP contribution in [0, 0.1) is 0 Å². The van der Waals surface area contributed by atoms with Gasteiger partial charge in [0.2, 0.25) is 21.8 Å². The summed E-state index contributed by atoms with van der Waals surface area (Å²) in [5.74, 6) is -0.219. The van der Waals surface area contributed by atoms with Gasteiger partial charge in [-0.05, 0) is 48.2 Å². The summed E-state index contributed by atoms with van der Waals surface area (Å²) in [6, 6.07) is 13.9. The summed E-state index contributed by atoms with van der Waals surface area (Å²) in [5.41, 5.74) is 2.31. The molecule has 0 aliphatic carbocycles. The molecule has 8 heteroatoms. The van der Waals surface area contributed by atoms with Gasteiger partial charge in [-0.3, -0.25) is 9.59 Å². The predicted molar refractivity (Wildman–Crippen MR) is 120 cm³/mol. The molecule has 0 bridgehead atoms. The van der Waals surface area contributed by atoms with Crippen LogP contribution in [0.25, 0.3) is 0 Å². The van der Waals surface area contributed by atoms with Crippen LogP contribution in [0.1, 0.15) is 37.3 Å². The second-order valence-electron chi connectivity index (χ2n) is 7.91. The van der Waals surface area contributed by atoms with E-state index in [4.69, 9.17) is 0 Å². The highest BCUT2D eigenvalue weighted by Gasteiger charge is 2.25. The number of sulfonamides is 1. The van der Waals surface area contributed by atoms with Crippen LogP contribution in [0.3, 0.4) is 0 Å². The first-order valence-electron chi connectivity index (χ1n) is 10.5. The Labute approximate surface area is 184 Å². The number of carbonyl (C=O) groups excluding carboxylic acids is 2. The highest BCUT2D eigenvalue weighted by molar-refractivity contribution is 7.89. The SMILES string of the molecule is CC(=O)N(C)Cc1cccc(NC(=O)Cc2ccc(S(=O)(=O)N3CCCCC3)cc2)c1. The fourth-order valence-corrected chi connectivity index (χ4v) is 5.07. The van der Waals surface area contributed by atoms with Crippen LogP contribution in [-0.2, 0) is 32.6 Å². The van der Waals surface area contributed by atoms with E-state index in [1.54, 1.807) is 42.3 Å². The van der Waals surface area contributed by atoms with Crippen LogP contribution in [0.5, 0.6) is 0 Å². The molecule has 0 spiro atoms. The molecule has 31 heavy (non-hydrogen) atoms. The van der Waals surface area contributed by atoms with E-state index in [0.29, 0.717) is 25.3 Å². The quantitative estimate of drug-likeness (QED) is 0.713. The van der Waals surface area contributed by atoms with E-state index in [2.05, 4.69) is 5.32 Å². The number of benzene rings is 2. The predicted octanol–water partition coefficient (Wildman–Crippen LogP) is 3.02. The topological polar surface area (TPSA) is 86.8 Å². The Balaban J connectivity index is 1.60. The lowest BCUT2D eigenvalue weighted by atomic mass is 10.1. The van der Waals surface area contributed by atoms with Crippen LogP contribution < -0.4 is 5.32 Å². The molecule has 7 nitrogen and oxygen atoms in total. The number of amides is 2. The number of carbonyl (C=O) groups is 2. The molecule has 1 saturated heterocycles. The summed E-state index contributed by atoms with van der Waals surface area (Å²) in [6.07, 6.45) is 2.99. The van der Waals surface area contributed by atoms with E-state index in [-0.39, 0.29) is 23.1 Å². The number of nitrogens with one attached hydrogen (secondary N) is 1. The maximum Gasteiger partial charge on any atom is 0.243 e. The van der Waals surface area contributed by atoms with E-state index in [1.807, 2.05) is 18.2 Å². The first-order chi connectivity index (χ1) is 14.8. The first-order valence-corrected chi connectivity index (χ1v) is 11.9. The minimum atomic E-state index is -3.47. The van der Waals surface area contributed by atoms with Crippen molar-refractivity contribution in [3.8, 4) is 0 Å². The zero-order valence-electron chi connectivity index (χ0n) is 18.0. The van der Waals surface area contributed by atoms with Crippen molar-refractivity contribution in [3.63, 3.8) is 0 Å². The Bertz CT molecular complexity index is 1030. The van der Waals surface area contributed by atoms with Gasteiger partial charge in [0, 0.05) is 39.3 Å². The highest BCUT2D eigenvalue weighted by atomic mass is 32.2. The van der Waals surface area contributed by atoms with Crippen molar-refractivity contribution in [2.75, 3.05) is 25.5 Å². The van der Waals surface area contributed by atoms with Gasteiger partial charge in [-0.25, -0.2) is 8.42 Å². The molecule has 1 aliphatic rings. The number of piperidine rings is 1. The highest BCUT2D eigenvalue weighted by Crippen LogP contribution is 2.21. The van der Waals surface area contributed by atoms with E-state index in [9.17, 15) is 18.0 Å². The van der Waals surface area contributed by atoms with E-state index < -0.39 is 10.0 Å². The summed E-state index contributed by atoms with van der Waals surface area (Å²) in [6.45, 7) is 3.10. The normalized spacial score (nSPS) is 14.8. The summed E-state index contributed by atoms with van der Waals surface area (Å²) in [5, 5.41) is 2.86. The molecule has 0 unspecified atom stereocenters. The summed E-state index contributed by atoms with van der Waals surface area (Å²) in [4.78, 5) is 25.7. The van der Waals surface area contributed by atoms with Gasteiger partial charge in [-0.1, -0.05) is 30.7 Å². The third-order valence-electron chi connectivity index (χ3n) is 5.41. The van der Waals surface area contributed by atoms with E-state index in [1.165, 1.54) is 11.2 Å². The molecule has 0 atom stereocenters.